The molecule has 2 aromatic rings. The summed E-state index contributed by atoms with van der Waals surface area (Å²) in [5.41, 5.74) is 2.77. The predicted octanol–water partition coefficient (Wildman–Crippen LogP) is 2.67. The van der Waals surface area contributed by atoms with Crippen LogP contribution in [0.2, 0.25) is 0 Å². The van der Waals surface area contributed by atoms with E-state index in [9.17, 15) is 9.59 Å². The zero-order valence-electron chi connectivity index (χ0n) is 14.0. The van der Waals surface area contributed by atoms with Crippen LogP contribution in [0.25, 0.3) is 0 Å². The number of methoxy groups -OCH3 is 1. The molecule has 1 aromatic carbocycles. The van der Waals surface area contributed by atoms with Crippen LogP contribution in [-0.2, 0) is 17.7 Å². The lowest BCUT2D eigenvalue weighted by Gasteiger charge is -2.30. The lowest BCUT2D eigenvalue weighted by Crippen LogP contribution is -2.36. The summed E-state index contributed by atoms with van der Waals surface area (Å²) in [5.74, 6) is -0.447. The molecular formula is C18H21N3O3. The van der Waals surface area contributed by atoms with Gasteiger partial charge in [0.25, 0.3) is 5.91 Å². The van der Waals surface area contributed by atoms with Crippen LogP contribution in [-0.4, -0.2) is 35.3 Å². The fraction of sp³-hybridized carbons (Fsp3) is 0.389. The molecule has 0 unspecified atom stereocenters. The summed E-state index contributed by atoms with van der Waals surface area (Å²) < 4.78 is 6.64. The Kier molecular flexibility index (Phi) is 4.64. The molecule has 0 bridgehead atoms. The van der Waals surface area contributed by atoms with Crippen molar-refractivity contribution in [1.82, 2.24) is 9.78 Å². The monoisotopic (exact) mass is 327 g/mol. The van der Waals surface area contributed by atoms with Gasteiger partial charge in [-0.15, -0.1) is 0 Å². The molecule has 0 aliphatic carbocycles. The number of aromatic nitrogens is 2. The summed E-state index contributed by atoms with van der Waals surface area (Å²) in [6.07, 6.45) is 5.93. The molecule has 24 heavy (non-hydrogen) atoms. The number of carbonyl (C=O) groups is 2. The van der Waals surface area contributed by atoms with Crippen molar-refractivity contribution in [2.75, 3.05) is 18.6 Å². The van der Waals surface area contributed by atoms with Crippen molar-refractivity contribution in [3.05, 3.63) is 47.3 Å². The van der Waals surface area contributed by atoms with Crippen LogP contribution >= 0.6 is 0 Å². The first kappa shape index (κ1) is 16.2. The summed E-state index contributed by atoms with van der Waals surface area (Å²) in [7, 11) is 1.37. The molecule has 1 aromatic heterocycles. The topological polar surface area (TPSA) is 64.4 Å². The standard InChI is InChI=1S/C18H21N3O3/c1-3-9-20-12-13(11-19-20)17(22)21-10-5-7-14-15(18(23)24-2)6-4-8-16(14)21/h4,6,8,11-12H,3,5,7,9-10H2,1-2H3. The van der Waals surface area contributed by atoms with E-state index in [0.717, 1.165) is 37.1 Å². The molecule has 1 aliphatic rings. The molecule has 3 rings (SSSR count). The Bertz CT molecular complexity index is 767. The zero-order chi connectivity index (χ0) is 17.1. The van der Waals surface area contributed by atoms with Crippen LogP contribution in [0.4, 0.5) is 5.69 Å². The first-order valence-corrected chi connectivity index (χ1v) is 8.20. The number of esters is 1. The maximum atomic E-state index is 12.9. The smallest absolute Gasteiger partial charge is 0.338 e. The third-order valence-corrected chi connectivity index (χ3v) is 4.23. The van der Waals surface area contributed by atoms with Crippen LogP contribution in [0.1, 0.15) is 46.0 Å². The molecule has 6 heteroatoms. The third-order valence-electron chi connectivity index (χ3n) is 4.23. The number of nitrogens with zero attached hydrogens (tertiary/aromatic N) is 3. The number of benzene rings is 1. The van der Waals surface area contributed by atoms with Gasteiger partial charge in [-0.3, -0.25) is 9.48 Å². The van der Waals surface area contributed by atoms with Crippen molar-refractivity contribution in [2.24, 2.45) is 0 Å². The van der Waals surface area contributed by atoms with Crippen molar-refractivity contribution >= 4 is 17.6 Å². The molecule has 2 heterocycles. The van der Waals surface area contributed by atoms with Gasteiger partial charge in [0.1, 0.15) is 0 Å². The van der Waals surface area contributed by atoms with Gasteiger partial charge < -0.3 is 9.64 Å². The van der Waals surface area contributed by atoms with Gasteiger partial charge in [-0.1, -0.05) is 13.0 Å². The number of hydrogen-bond acceptors (Lipinski definition) is 4. The minimum Gasteiger partial charge on any atom is -0.465 e. The van der Waals surface area contributed by atoms with E-state index in [-0.39, 0.29) is 11.9 Å². The maximum Gasteiger partial charge on any atom is 0.338 e. The maximum absolute atomic E-state index is 12.9. The number of rotatable bonds is 4. The van der Waals surface area contributed by atoms with Crippen molar-refractivity contribution in [3.8, 4) is 0 Å². The van der Waals surface area contributed by atoms with E-state index in [2.05, 4.69) is 12.0 Å². The number of carbonyl (C=O) groups excluding carboxylic acids is 2. The molecule has 1 amide bonds. The SMILES string of the molecule is CCCn1cc(C(=O)N2CCCc3c(C(=O)OC)cccc32)cn1. The van der Waals surface area contributed by atoms with Crippen molar-refractivity contribution in [2.45, 2.75) is 32.7 Å². The predicted molar refractivity (Wildman–Crippen MR) is 90.3 cm³/mol. The highest BCUT2D eigenvalue weighted by atomic mass is 16.5. The number of hydrogen-bond donors (Lipinski definition) is 0. The average Bonchev–Trinajstić information content (AvgIpc) is 3.08. The normalized spacial score (nSPS) is 13.5. The quantitative estimate of drug-likeness (QED) is 0.810. The van der Waals surface area contributed by atoms with Gasteiger partial charge >= 0.3 is 5.97 Å². The molecule has 1 aliphatic heterocycles. The molecular weight excluding hydrogens is 306 g/mol. The van der Waals surface area contributed by atoms with E-state index in [1.807, 2.05) is 6.07 Å². The second-order valence-corrected chi connectivity index (χ2v) is 5.85. The van der Waals surface area contributed by atoms with Crippen molar-refractivity contribution in [3.63, 3.8) is 0 Å². The third kappa shape index (κ3) is 2.91. The summed E-state index contributed by atoms with van der Waals surface area (Å²) in [6, 6.07) is 5.42. The zero-order valence-corrected chi connectivity index (χ0v) is 14.0. The Balaban J connectivity index is 1.94. The fourth-order valence-corrected chi connectivity index (χ4v) is 3.12. The van der Waals surface area contributed by atoms with Crippen LogP contribution in [0, 0.1) is 0 Å². The Morgan fingerprint density at radius 2 is 2.17 bits per heavy atom. The minimum absolute atomic E-state index is 0.0830. The number of ether oxygens (including phenoxy) is 1. The molecule has 0 spiro atoms. The lowest BCUT2D eigenvalue weighted by atomic mass is 9.96. The van der Waals surface area contributed by atoms with Gasteiger partial charge in [0.2, 0.25) is 0 Å². The van der Waals surface area contributed by atoms with Gasteiger partial charge in [0, 0.05) is 25.0 Å². The number of aryl methyl sites for hydroxylation is 1. The Hall–Kier alpha value is -2.63. The Morgan fingerprint density at radius 3 is 2.92 bits per heavy atom. The summed E-state index contributed by atoms with van der Waals surface area (Å²) >= 11 is 0. The second kappa shape index (κ2) is 6.86. The highest BCUT2D eigenvalue weighted by Gasteiger charge is 2.27. The van der Waals surface area contributed by atoms with E-state index in [1.54, 1.807) is 34.1 Å². The van der Waals surface area contributed by atoms with Crippen molar-refractivity contribution in [1.29, 1.82) is 0 Å². The van der Waals surface area contributed by atoms with E-state index >= 15 is 0 Å². The molecule has 0 radical (unpaired) electrons. The highest BCUT2D eigenvalue weighted by molar-refractivity contribution is 6.07. The molecule has 0 saturated carbocycles. The first-order valence-electron chi connectivity index (χ1n) is 8.20. The van der Waals surface area contributed by atoms with Gasteiger partial charge in [0.05, 0.1) is 24.4 Å². The summed E-state index contributed by atoms with van der Waals surface area (Å²) in [6.45, 7) is 3.49. The van der Waals surface area contributed by atoms with Crippen LogP contribution in [0.15, 0.2) is 30.6 Å². The number of fused-ring (bicyclic) bond motifs is 1. The van der Waals surface area contributed by atoms with E-state index < -0.39 is 0 Å². The molecule has 126 valence electrons. The minimum atomic E-state index is -0.364. The molecule has 0 fully saturated rings. The molecule has 0 N–H and O–H groups in total. The van der Waals surface area contributed by atoms with Crippen LogP contribution in [0.3, 0.4) is 0 Å². The van der Waals surface area contributed by atoms with E-state index in [0.29, 0.717) is 17.7 Å². The second-order valence-electron chi connectivity index (χ2n) is 5.85. The van der Waals surface area contributed by atoms with Gasteiger partial charge in [0.15, 0.2) is 0 Å². The summed E-state index contributed by atoms with van der Waals surface area (Å²) in [5, 5.41) is 4.23. The number of anilines is 1. The largest absolute Gasteiger partial charge is 0.465 e. The molecule has 0 atom stereocenters. The molecule has 6 nitrogen and oxygen atoms in total. The number of amides is 1. The van der Waals surface area contributed by atoms with E-state index in [4.69, 9.17) is 4.74 Å². The first-order chi connectivity index (χ1) is 11.7. The van der Waals surface area contributed by atoms with Crippen LogP contribution in [0.5, 0.6) is 0 Å². The van der Waals surface area contributed by atoms with E-state index in [1.165, 1.54) is 7.11 Å². The Labute approximate surface area is 141 Å². The van der Waals surface area contributed by atoms with Gasteiger partial charge in [-0.05, 0) is 37.0 Å². The highest BCUT2D eigenvalue weighted by Crippen LogP contribution is 2.31. The van der Waals surface area contributed by atoms with Crippen LogP contribution < -0.4 is 4.90 Å². The van der Waals surface area contributed by atoms with Gasteiger partial charge in [-0.2, -0.15) is 5.10 Å². The molecule has 0 saturated heterocycles. The summed E-state index contributed by atoms with van der Waals surface area (Å²) in [4.78, 5) is 26.6. The van der Waals surface area contributed by atoms with Gasteiger partial charge in [-0.25, -0.2) is 4.79 Å². The fourth-order valence-electron chi connectivity index (χ4n) is 3.12. The van der Waals surface area contributed by atoms with Crippen molar-refractivity contribution < 1.29 is 14.3 Å². The Morgan fingerprint density at radius 1 is 1.33 bits per heavy atom. The average molecular weight is 327 g/mol. The lowest BCUT2D eigenvalue weighted by molar-refractivity contribution is 0.0599.